The largest absolute Gasteiger partial charge is 0.756 e. The van der Waals surface area contributed by atoms with Crippen molar-refractivity contribution in [1.82, 2.24) is 0 Å². The Balaban J connectivity index is 4.24. The Morgan fingerprint density at radius 1 is 0.330 bits per heavy atom. The summed E-state index contributed by atoms with van der Waals surface area (Å²) in [5.74, 6) is -0.901. The smallest absolute Gasteiger partial charge is 0.306 e. The summed E-state index contributed by atoms with van der Waals surface area (Å²) in [6, 6.07) is 0. The molecule has 0 rings (SSSR count). The van der Waals surface area contributed by atoms with E-state index in [9.17, 15) is 19.0 Å². The van der Waals surface area contributed by atoms with Crippen LogP contribution in [0.3, 0.4) is 0 Å². The molecular weight excluding hydrogens is 1180 g/mol. The number of allylic oxidation sites excluding steroid dienone is 38. The van der Waals surface area contributed by atoms with Crippen LogP contribution in [-0.2, 0) is 32.7 Å². The summed E-state index contributed by atoms with van der Waals surface area (Å²) >= 11 is 0. The maximum Gasteiger partial charge on any atom is 0.306 e. The van der Waals surface area contributed by atoms with Crippen molar-refractivity contribution in [3.8, 4) is 0 Å². The van der Waals surface area contributed by atoms with Crippen molar-refractivity contribution in [1.29, 1.82) is 0 Å². The van der Waals surface area contributed by atoms with Gasteiger partial charge in [0.1, 0.15) is 19.8 Å². The van der Waals surface area contributed by atoms with E-state index in [4.69, 9.17) is 18.5 Å². The number of nitrogens with zero attached hydrogens (tertiary/aromatic N) is 1. The molecule has 0 aromatic carbocycles. The van der Waals surface area contributed by atoms with Gasteiger partial charge >= 0.3 is 11.9 Å². The fourth-order valence-electron chi connectivity index (χ4n) is 8.73. The van der Waals surface area contributed by atoms with E-state index in [1.807, 2.05) is 21.1 Å². The van der Waals surface area contributed by atoms with Crippen LogP contribution in [0.4, 0.5) is 0 Å². The molecule has 0 aliphatic rings. The van der Waals surface area contributed by atoms with Crippen LogP contribution >= 0.6 is 7.82 Å². The zero-order chi connectivity index (χ0) is 68.3. The number of esters is 2. The van der Waals surface area contributed by atoms with Crippen LogP contribution in [0.1, 0.15) is 232 Å². The minimum Gasteiger partial charge on any atom is -0.756 e. The zero-order valence-electron chi connectivity index (χ0n) is 59.5. The van der Waals surface area contributed by atoms with Gasteiger partial charge in [0.2, 0.25) is 0 Å². The van der Waals surface area contributed by atoms with Gasteiger partial charge in [0.15, 0.2) is 6.10 Å². The van der Waals surface area contributed by atoms with Gasteiger partial charge in [-0.25, -0.2) is 0 Å². The molecule has 10 heteroatoms. The average Bonchev–Trinajstić information content (AvgIpc) is 1.56. The minimum atomic E-state index is -4.67. The Bertz CT molecular complexity index is 2440. The van der Waals surface area contributed by atoms with Crippen LogP contribution in [-0.4, -0.2) is 70.0 Å². The standard InChI is InChI=1S/C84H130NO8P/c1-6-8-10-12-14-16-18-20-22-24-26-28-30-32-34-36-38-40-41-42-43-45-47-49-51-53-55-57-59-61-63-65-67-69-71-73-75-77-84(87)93-82(81-92-94(88,89)91-79-78-85(3,4)5)80-90-83(86)76-74-72-70-68-66-64-62-60-58-56-54-52-50-48-46-44-39-37-35-33-31-29-27-25-23-21-19-17-15-13-11-9-7-2/h8-11,14-17,20-23,26-29,32-35,38-40,42-44,47-50,53-56,59,61,65,67,82H,6-7,12-13,18-19,24-25,30-31,36-37,41,45-46,51-52,57-58,60,62-64,66,68-81H2,1-5H3/b10-8-,11-9-,16-14-,17-15-,22-20-,23-21-,28-26-,29-27-,34-32-,35-33-,40-38-,43-42-,44-39-,49-47-,50-48-,55-53-,56-54-,61-59-,67-65-. The van der Waals surface area contributed by atoms with Crippen LogP contribution in [0.15, 0.2) is 231 Å². The summed E-state index contributed by atoms with van der Waals surface area (Å²) in [7, 11) is 1.10. The maximum absolute atomic E-state index is 12.9. The number of ether oxygens (including phenoxy) is 2. The number of hydrogen-bond acceptors (Lipinski definition) is 8. The van der Waals surface area contributed by atoms with Gasteiger partial charge in [-0.15, -0.1) is 0 Å². The van der Waals surface area contributed by atoms with Crippen molar-refractivity contribution in [2.75, 3.05) is 47.5 Å². The average molecular weight is 1310 g/mol. The number of likely N-dealkylation sites (N-methyl/N-ethyl adjacent to an activating group) is 1. The fourth-order valence-corrected chi connectivity index (χ4v) is 9.46. The number of phosphoric acid groups is 1. The topological polar surface area (TPSA) is 111 Å². The highest BCUT2D eigenvalue weighted by Gasteiger charge is 2.22. The number of quaternary nitrogens is 1. The molecule has 0 radical (unpaired) electrons. The van der Waals surface area contributed by atoms with Gasteiger partial charge in [-0.3, -0.25) is 14.2 Å². The van der Waals surface area contributed by atoms with Crippen molar-refractivity contribution in [3.63, 3.8) is 0 Å². The van der Waals surface area contributed by atoms with Gasteiger partial charge < -0.3 is 27.9 Å². The molecule has 0 aromatic heterocycles. The second-order valence-corrected chi connectivity index (χ2v) is 25.5. The molecule has 2 unspecified atom stereocenters. The van der Waals surface area contributed by atoms with Gasteiger partial charge in [-0.1, -0.05) is 290 Å². The first-order chi connectivity index (χ1) is 46.0. The van der Waals surface area contributed by atoms with Crippen molar-refractivity contribution >= 4 is 19.8 Å². The van der Waals surface area contributed by atoms with E-state index in [0.29, 0.717) is 23.9 Å². The van der Waals surface area contributed by atoms with E-state index in [2.05, 4.69) is 245 Å². The molecule has 0 saturated heterocycles. The summed E-state index contributed by atoms with van der Waals surface area (Å²) in [6.07, 6.45) is 116. The summed E-state index contributed by atoms with van der Waals surface area (Å²) in [4.78, 5) is 38.1. The molecule has 0 aliphatic heterocycles. The number of carbonyl (C=O) groups is 2. The third-order valence-electron chi connectivity index (χ3n) is 14.2. The Kier molecular flexibility index (Phi) is 66.9. The van der Waals surface area contributed by atoms with Crippen LogP contribution in [0.5, 0.6) is 0 Å². The SMILES string of the molecule is CC/C=C\C/C=C\C/C=C\C/C=C\C/C=C\C/C=C\C/C=C\C/C=C\C/C=C\C/C=C\C/C=C\CCCCCC(=O)OC(COC(=O)CCCCCCCCCC/C=C\C/C=C\C/C=C\C/C=C\C/C=C\C/C=C\C/C=C\C/C=C\CC)COP(=O)([O-])OCC[N+](C)(C)C. The molecule has 0 aromatic rings. The molecule has 0 fully saturated rings. The van der Waals surface area contributed by atoms with Crippen LogP contribution in [0, 0.1) is 0 Å². The van der Waals surface area contributed by atoms with Crippen LogP contribution < -0.4 is 4.89 Å². The summed E-state index contributed by atoms with van der Waals surface area (Å²) in [5.41, 5.74) is 0. The third kappa shape index (κ3) is 75.1. The minimum absolute atomic E-state index is 0.0527. The molecule has 0 amide bonds. The molecule has 0 heterocycles. The first-order valence-electron chi connectivity index (χ1n) is 36.1. The zero-order valence-corrected chi connectivity index (χ0v) is 60.4. The van der Waals surface area contributed by atoms with Gasteiger partial charge in [-0.05, 0) is 161 Å². The Morgan fingerprint density at radius 3 is 0.862 bits per heavy atom. The lowest BCUT2D eigenvalue weighted by Gasteiger charge is -2.28. The molecule has 94 heavy (non-hydrogen) atoms. The first kappa shape index (κ1) is 88.1. The van der Waals surface area contributed by atoms with Crippen molar-refractivity contribution in [2.45, 2.75) is 238 Å². The number of rotatable bonds is 63. The highest BCUT2D eigenvalue weighted by molar-refractivity contribution is 7.45. The molecule has 2 atom stereocenters. The van der Waals surface area contributed by atoms with Gasteiger partial charge in [-0.2, -0.15) is 0 Å². The summed E-state index contributed by atoms with van der Waals surface area (Å²) < 4.78 is 34.3. The van der Waals surface area contributed by atoms with E-state index in [-0.39, 0.29) is 26.1 Å². The Morgan fingerprint density at radius 2 is 0.574 bits per heavy atom. The molecule has 0 aliphatic carbocycles. The van der Waals surface area contributed by atoms with Crippen molar-refractivity contribution < 1.29 is 42.1 Å². The van der Waals surface area contributed by atoms with Gasteiger partial charge in [0, 0.05) is 12.8 Å². The fraction of sp³-hybridized carbons (Fsp3) is 0.524. The first-order valence-corrected chi connectivity index (χ1v) is 37.6. The molecule has 524 valence electrons. The van der Waals surface area contributed by atoms with E-state index >= 15 is 0 Å². The Hall–Kier alpha value is -5.93. The van der Waals surface area contributed by atoms with Crippen LogP contribution in [0.2, 0.25) is 0 Å². The predicted molar refractivity (Wildman–Crippen MR) is 405 cm³/mol. The third-order valence-corrected chi connectivity index (χ3v) is 15.1. The number of carbonyl (C=O) groups excluding carboxylic acids is 2. The van der Waals surface area contributed by atoms with E-state index in [1.54, 1.807) is 0 Å². The quantitative estimate of drug-likeness (QED) is 0.0195. The maximum atomic E-state index is 12.9. The molecular formula is C84H130NO8P. The van der Waals surface area contributed by atoms with Crippen LogP contribution in [0.25, 0.3) is 0 Å². The molecule has 0 bridgehead atoms. The Labute approximate surface area is 575 Å². The number of phosphoric ester groups is 1. The highest BCUT2D eigenvalue weighted by atomic mass is 31.2. The predicted octanol–water partition coefficient (Wildman–Crippen LogP) is 23.5. The van der Waals surface area contributed by atoms with Gasteiger partial charge in [0.25, 0.3) is 7.82 Å². The van der Waals surface area contributed by atoms with E-state index < -0.39 is 32.5 Å². The molecule has 9 nitrogen and oxygen atoms in total. The second kappa shape index (κ2) is 71.4. The number of hydrogen-bond donors (Lipinski definition) is 0. The van der Waals surface area contributed by atoms with Gasteiger partial charge in [0.05, 0.1) is 27.7 Å². The normalized spacial score (nSPS) is 14.5. The molecule has 0 N–H and O–H groups in total. The molecule has 0 saturated carbocycles. The lowest BCUT2D eigenvalue weighted by molar-refractivity contribution is -0.870. The molecule has 0 spiro atoms. The lowest BCUT2D eigenvalue weighted by atomic mass is 10.1. The van der Waals surface area contributed by atoms with E-state index in [1.165, 1.54) is 25.7 Å². The number of unbranched alkanes of at least 4 members (excludes halogenated alkanes) is 11. The van der Waals surface area contributed by atoms with Crippen molar-refractivity contribution in [3.05, 3.63) is 231 Å². The summed E-state index contributed by atoms with van der Waals surface area (Å²) in [6.45, 7) is 3.93. The van der Waals surface area contributed by atoms with E-state index in [0.717, 1.165) is 167 Å². The monoisotopic (exact) mass is 1310 g/mol. The highest BCUT2D eigenvalue weighted by Crippen LogP contribution is 2.38. The second-order valence-electron chi connectivity index (χ2n) is 24.1. The lowest BCUT2D eigenvalue weighted by Crippen LogP contribution is -2.37. The summed E-state index contributed by atoms with van der Waals surface area (Å²) in [5, 5.41) is 0. The van der Waals surface area contributed by atoms with Crippen molar-refractivity contribution in [2.24, 2.45) is 0 Å².